The normalized spacial score (nSPS) is 11.0. The van der Waals surface area contributed by atoms with Gasteiger partial charge in [-0.15, -0.1) is 10.2 Å². The Balaban J connectivity index is 1.53. The molecule has 0 aliphatic carbocycles. The number of aromatic nitrogens is 3. The van der Waals surface area contributed by atoms with Gasteiger partial charge in [-0.3, -0.25) is 9.36 Å². The topological polar surface area (TPSA) is 94.5 Å². The van der Waals surface area contributed by atoms with Crippen LogP contribution in [0.2, 0.25) is 0 Å². The van der Waals surface area contributed by atoms with E-state index in [9.17, 15) is 4.79 Å². The van der Waals surface area contributed by atoms with E-state index in [0.29, 0.717) is 16.7 Å². The highest BCUT2D eigenvalue weighted by Gasteiger charge is 2.17. The van der Waals surface area contributed by atoms with Gasteiger partial charge in [-0.25, -0.2) is 5.43 Å². The first kappa shape index (κ1) is 20.4. The summed E-state index contributed by atoms with van der Waals surface area (Å²) in [6.07, 6.45) is 2.98. The van der Waals surface area contributed by atoms with Crippen molar-refractivity contribution in [2.75, 3.05) is 12.9 Å². The summed E-state index contributed by atoms with van der Waals surface area (Å²) in [5.74, 6) is 1.86. The van der Waals surface area contributed by atoms with Gasteiger partial charge in [-0.1, -0.05) is 30.0 Å². The second-order valence-corrected chi connectivity index (χ2v) is 7.25. The standard InChI is InChI=1S/C22H19N5O3S/c1-29-18-11-9-16(10-12-18)21-25-26-22(27(21)17-6-3-2-4-7-17)31-15-20(28)24-23-14-19-8-5-13-30-19/h2-14H,15H2,1H3,(H,24,28)/b23-14-. The maximum atomic E-state index is 12.2. The number of hydrogen-bond acceptors (Lipinski definition) is 7. The summed E-state index contributed by atoms with van der Waals surface area (Å²) in [7, 11) is 1.62. The van der Waals surface area contributed by atoms with Crippen molar-refractivity contribution in [1.29, 1.82) is 0 Å². The minimum absolute atomic E-state index is 0.128. The lowest BCUT2D eigenvalue weighted by Crippen LogP contribution is -2.19. The number of benzene rings is 2. The third kappa shape index (κ3) is 5.01. The molecule has 0 saturated carbocycles. The molecule has 0 atom stereocenters. The molecule has 0 aliphatic rings. The van der Waals surface area contributed by atoms with Crippen molar-refractivity contribution in [2.45, 2.75) is 5.16 Å². The Bertz CT molecular complexity index is 1160. The maximum absolute atomic E-state index is 12.2. The van der Waals surface area contributed by atoms with Crippen molar-refractivity contribution in [2.24, 2.45) is 5.10 Å². The predicted molar refractivity (Wildman–Crippen MR) is 119 cm³/mol. The molecule has 1 N–H and O–H groups in total. The van der Waals surface area contributed by atoms with Crippen LogP contribution in [0.25, 0.3) is 17.1 Å². The van der Waals surface area contributed by atoms with Crippen LogP contribution in [0.15, 0.2) is 87.7 Å². The van der Waals surface area contributed by atoms with E-state index < -0.39 is 0 Å². The van der Waals surface area contributed by atoms with Crippen LogP contribution >= 0.6 is 11.8 Å². The van der Waals surface area contributed by atoms with Gasteiger partial charge in [-0.2, -0.15) is 5.10 Å². The Morgan fingerprint density at radius 3 is 2.65 bits per heavy atom. The summed E-state index contributed by atoms with van der Waals surface area (Å²) in [6.45, 7) is 0. The first-order valence-electron chi connectivity index (χ1n) is 9.38. The molecule has 2 aromatic carbocycles. The zero-order valence-corrected chi connectivity index (χ0v) is 17.5. The predicted octanol–water partition coefficient (Wildman–Crippen LogP) is 3.78. The molecule has 31 heavy (non-hydrogen) atoms. The van der Waals surface area contributed by atoms with E-state index in [4.69, 9.17) is 9.15 Å². The number of ether oxygens (including phenoxy) is 1. The van der Waals surface area contributed by atoms with Crippen molar-refractivity contribution < 1.29 is 13.9 Å². The lowest BCUT2D eigenvalue weighted by Gasteiger charge is -2.10. The average molecular weight is 433 g/mol. The summed E-state index contributed by atoms with van der Waals surface area (Å²) in [5, 5.41) is 13.2. The highest BCUT2D eigenvalue weighted by Crippen LogP contribution is 2.28. The molecule has 8 nitrogen and oxygen atoms in total. The number of hydrogen-bond donors (Lipinski definition) is 1. The second-order valence-electron chi connectivity index (χ2n) is 6.30. The SMILES string of the molecule is COc1ccc(-c2nnc(SCC(=O)N/N=C\c3ccco3)n2-c2ccccc2)cc1. The molecule has 9 heteroatoms. The fourth-order valence-corrected chi connectivity index (χ4v) is 3.54. The first-order valence-corrected chi connectivity index (χ1v) is 10.4. The third-order valence-corrected chi connectivity index (χ3v) is 5.18. The Morgan fingerprint density at radius 2 is 1.94 bits per heavy atom. The van der Waals surface area contributed by atoms with Crippen molar-refractivity contribution in [3.05, 3.63) is 78.8 Å². The summed E-state index contributed by atoms with van der Waals surface area (Å²) in [5.41, 5.74) is 4.27. The lowest BCUT2D eigenvalue weighted by molar-refractivity contribution is -0.118. The molecule has 1 amide bonds. The van der Waals surface area contributed by atoms with Crippen LogP contribution in [-0.4, -0.2) is 39.7 Å². The Morgan fingerprint density at radius 1 is 1.13 bits per heavy atom. The van der Waals surface area contributed by atoms with Crippen molar-refractivity contribution in [3.8, 4) is 22.8 Å². The zero-order chi connectivity index (χ0) is 21.5. The minimum Gasteiger partial charge on any atom is -0.497 e. The maximum Gasteiger partial charge on any atom is 0.250 e. The first-order chi connectivity index (χ1) is 15.2. The molecule has 0 saturated heterocycles. The van der Waals surface area contributed by atoms with E-state index in [1.807, 2.05) is 59.2 Å². The number of carbonyl (C=O) groups is 1. The Kier molecular flexibility index (Phi) is 6.44. The summed E-state index contributed by atoms with van der Waals surface area (Å²) in [6, 6.07) is 20.8. The van der Waals surface area contributed by atoms with Crippen LogP contribution < -0.4 is 10.2 Å². The van der Waals surface area contributed by atoms with E-state index >= 15 is 0 Å². The van der Waals surface area contributed by atoms with Gasteiger partial charge in [0.25, 0.3) is 5.91 Å². The van der Waals surface area contributed by atoms with Gasteiger partial charge in [0.05, 0.1) is 25.3 Å². The smallest absolute Gasteiger partial charge is 0.250 e. The van der Waals surface area contributed by atoms with Crippen LogP contribution in [0, 0.1) is 0 Å². The van der Waals surface area contributed by atoms with Gasteiger partial charge in [0.15, 0.2) is 11.0 Å². The molecule has 2 heterocycles. The second kappa shape index (κ2) is 9.77. The monoisotopic (exact) mass is 433 g/mol. The number of methoxy groups -OCH3 is 1. The molecule has 0 aliphatic heterocycles. The molecule has 4 rings (SSSR count). The molecule has 156 valence electrons. The number of nitrogens with one attached hydrogen (secondary N) is 1. The molecular formula is C22H19N5O3S. The number of rotatable bonds is 8. The molecule has 0 spiro atoms. The highest BCUT2D eigenvalue weighted by atomic mass is 32.2. The van der Waals surface area contributed by atoms with E-state index in [1.54, 1.807) is 19.2 Å². The van der Waals surface area contributed by atoms with Gasteiger partial charge >= 0.3 is 0 Å². The molecule has 4 aromatic rings. The number of furan rings is 1. The van der Waals surface area contributed by atoms with E-state index in [-0.39, 0.29) is 11.7 Å². The van der Waals surface area contributed by atoms with Gasteiger partial charge in [0.2, 0.25) is 0 Å². The van der Waals surface area contributed by atoms with Crippen molar-refractivity contribution in [1.82, 2.24) is 20.2 Å². The number of amides is 1. The van der Waals surface area contributed by atoms with E-state index in [2.05, 4.69) is 20.7 Å². The summed E-state index contributed by atoms with van der Waals surface area (Å²) in [4.78, 5) is 12.2. The molecule has 2 aromatic heterocycles. The molecule has 0 bridgehead atoms. The summed E-state index contributed by atoms with van der Waals surface area (Å²) >= 11 is 1.28. The van der Waals surface area contributed by atoms with Gasteiger partial charge in [0, 0.05) is 11.3 Å². The lowest BCUT2D eigenvalue weighted by atomic mass is 10.2. The van der Waals surface area contributed by atoms with E-state index in [1.165, 1.54) is 24.2 Å². The molecule has 0 fully saturated rings. The van der Waals surface area contributed by atoms with Crippen LogP contribution in [0.3, 0.4) is 0 Å². The molecule has 0 unspecified atom stereocenters. The van der Waals surface area contributed by atoms with Crippen LogP contribution in [0.5, 0.6) is 5.75 Å². The third-order valence-electron chi connectivity index (χ3n) is 4.25. The van der Waals surface area contributed by atoms with Crippen LogP contribution in [0.4, 0.5) is 0 Å². The van der Waals surface area contributed by atoms with Crippen LogP contribution in [-0.2, 0) is 4.79 Å². The largest absolute Gasteiger partial charge is 0.497 e. The number of carbonyl (C=O) groups excluding carboxylic acids is 1. The molecule has 0 radical (unpaired) electrons. The van der Waals surface area contributed by atoms with E-state index in [0.717, 1.165) is 17.0 Å². The summed E-state index contributed by atoms with van der Waals surface area (Å²) < 4.78 is 12.3. The highest BCUT2D eigenvalue weighted by molar-refractivity contribution is 7.99. The fraction of sp³-hybridized carbons (Fsp3) is 0.0909. The van der Waals surface area contributed by atoms with Gasteiger partial charge in [-0.05, 0) is 48.5 Å². The number of thioether (sulfide) groups is 1. The minimum atomic E-state index is -0.263. The number of nitrogens with zero attached hydrogens (tertiary/aromatic N) is 4. The van der Waals surface area contributed by atoms with Crippen molar-refractivity contribution in [3.63, 3.8) is 0 Å². The molecular weight excluding hydrogens is 414 g/mol. The Labute approximate surface area is 182 Å². The van der Waals surface area contributed by atoms with Crippen molar-refractivity contribution >= 4 is 23.9 Å². The zero-order valence-electron chi connectivity index (χ0n) is 16.6. The van der Waals surface area contributed by atoms with Gasteiger partial charge < -0.3 is 9.15 Å². The Hall–Kier alpha value is -3.85. The average Bonchev–Trinajstić information content (AvgIpc) is 3.48. The quantitative estimate of drug-likeness (QED) is 0.258. The number of para-hydroxylation sites is 1. The number of hydrazone groups is 1. The van der Waals surface area contributed by atoms with Crippen LogP contribution in [0.1, 0.15) is 5.76 Å². The fourth-order valence-electron chi connectivity index (χ4n) is 2.80. The van der Waals surface area contributed by atoms with Gasteiger partial charge in [0.1, 0.15) is 11.5 Å².